The number of carboxylic acid groups (broad SMARTS) is 1. The maximum atomic E-state index is 12.9. The second-order valence-electron chi connectivity index (χ2n) is 10.1. The van der Waals surface area contributed by atoms with Gasteiger partial charge in [-0.15, -0.1) is 0 Å². The summed E-state index contributed by atoms with van der Waals surface area (Å²) in [5, 5.41) is 10.5. The van der Waals surface area contributed by atoms with E-state index in [4.69, 9.17) is 0 Å². The van der Waals surface area contributed by atoms with Crippen molar-refractivity contribution in [3.8, 4) is 11.3 Å². The lowest BCUT2D eigenvalue weighted by Gasteiger charge is -2.24. The van der Waals surface area contributed by atoms with Crippen LogP contribution in [0, 0.1) is 0 Å². The molecule has 1 aliphatic heterocycles. The molecule has 2 amide bonds. The van der Waals surface area contributed by atoms with Gasteiger partial charge in [0.1, 0.15) is 0 Å². The van der Waals surface area contributed by atoms with Gasteiger partial charge in [0.2, 0.25) is 10.0 Å². The Labute approximate surface area is 210 Å². The number of sulfonamides is 1. The summed E-state index contributed by atoms with van der Waals surface area (Å²) in [7, 11) is -3.66. The van der Waals surface area contributed by atoms with E-state index in [0.29, 0.717) is 31.0 Å². The number of benzene rings is 2. The molecule has 0 unspecified atom stereocenters. The highest BCUT2D eigenvalue weighted by Crippen LogP contribution is 2.47. The minimum Gasteiger partial charge on any atom is -0.465 e. The van der Waals surface area contributed by atoms with Gasteiger partial charge in [-0.25, -0.2) is 17.9 Å². The van der Waals surface area contributed by atoms with Crippen LogP contribution in [0.1, 0.15) is 66.8 Å². The minimum absolute atomic E-state index is 0.277. The largest absolute Gasteiger partial charge is 0.465 e. The van der Waals surface area contributed by atoms with Crippen molar-refractivity contribution in [2.75, 3.05) is 11.4 Å². The first-order chi connectivity index (χ1) is 17.3. The lowest BCUT2D eigenvalue weighted by Crippen LogP contribution is -2.33. The predicted octanol–water partition coefficient (Wildman–Crippen LogP) is 5.08. The number of para-hydroxylation sites is 1. The zero-order chi connectivity index (χ0) is 25.0. The molecule has 2 heterocycles. The summed E-state index contributed by atoms with van der Waals surface area (Å²) >= 11 is 0. The number of rotatable bonds is 4. The third-order valence-corrected chi connectivity index (χ3v) is 9.62. The van der Waals surface area contributed by atoms with E-state index in [0.717, 1.165) is 47.8 Å². The average Bonchev–Trinajstić information content (AvgIpc) is 3.70. The quantitative estimate of drug-likeness (QED) is 0.512. The second kappa shape index (κ2) is 8.65. The zero-order valence-electron chi connectivity index (χ0n) is 19.9. The summed E-state index contributed by atoms with van der Waals surface area (Å²) in [5.41, 5.74) is 4.88. The number of nitrogens with one attached hydrogen (secondary N) is 1. The van der Waals surface area contributed by atoms with Crippen molar-refractivity contribution in [2.45, 2.75) is 62.7 Å². The monoisotopic (exact) mass is 507 g/mol. The van der Waals surface area contributed by atoms with Gasteiger partial charge in [-0.2, -0.15) is 0 Å². The highest BCUT2D eigenvalue weighted by Gasteiger charge is 2.37. The molecule has 2 N–H and O–H groups in total. The van der Waals surface area contributed by atoms with Crippen molar-refractivity contribution in [2.24, 2.45) is 0 Å². The SMILES string of the molecule is O=C(NS(=O)(=O)C1CC1)c1ccc2c(C3CCCCC3)c3n(c2c1)CCN(C(=O)O)c1ccccc1-3. The molecule has 9 heteroatoms. The Morgan fingerprint density at radius 1 is 0.944 bits per heavy atom. The number of aromatic nitrogens is 1. The number of fused-ring (bicyclic) bond motifs is 5. The number of hydrogen-bond donors (Lipinski definition) is 2. The fourth-order valence-corrected chi connectivity index (χ4v) is 7.22. The van der Waals surface area contributed by atoms with Gasteiger partial charge in [-0.1, -0.05) is 43.5 Å². The standard InChI is InChI=1S/C27H29N3O5S/c31-26(28-36(34,35)19-11-12-19)18-10-13-20-23(16-18)29-14-15-30(27(32)33)22-9-5-4-8-21(22)25(29)24(20)17-6-2-1-3-7-17/h4-5,8-10,13,16-17,19H,1-3,6-7,11-12,14-15H2,(H,28,31)(H,32,33). The third kappa shape index (κ3) is 3.86. The molecule has 0 radical (unpaired) electrons. The molecule has 188 valence electrons. The fraction of sp³-hybridized carbons (Fsp3) is 0.407. The number of carbonyl (C=O) groups excluding carboxylic acids is 1. The molecule has 0 bridgehead atoms. The molecule has 2 aromatic carbocycles. The van der Waals surface area contributed by atoms with Gasteiger partial charge in [0, 0.05) is 35.1 Å². The van der Waals surface area contributed by atoms with Crippen LogP contribution < -0.4 is 9.62 Å². The van der Waals surface area contributed by atoms with Crippen molar-refractivity contribution in [3.05, 3.63) is 53.6 Å². The van der Waals surface area contributed by atoms with Crippen LogP contribution in [0.4, 0.5) is 10.5 Å². The molecule has 6 rings (SSSR count). The van der Waals surface area contributed by atoms with Crippen molar-refractivity contribution in [1.82, 2.24) is 9.29 Å². The van der Waals surface area contributed by atoms with E-state index in [-0.39, 0.29) is 12.1 Å². The van der Waals surface area contributed by atoms with Gasteiger partial charge in [0.25, 0.3) is 5.91 Å². The minimum atomic E-state index is -3.66. The molecule has 2 aliphatic carbocycles. The summed E-state index contributed by atoms with van der Waals surface area (Å²) in [4.78, 5) is 26.5. The molecule has 3 aliphatic rings. The van der Waals surface area contributed by atoms with E-state index in [1.165, 1.54) is 16.9 Å². The normalized spacial score (nSPS) is 18.4. The van der Waals surface area contributed by atoms with E-state index in [9.17, 15) is 23.1 Å². The maximum absolute atomic E-state index is 12.9. The lowest BCUT2D eigenvalue weighted by molar-refractivity contribution is 0.0981. The van der Waals surface area contributed by atoms with Crippen molar-refractivity contribution < 1.29 is 23.1 Å². The summed E-state index contributed by atoms with van der Waals surface area (Å²) in [5.74, 6) is -0.281. The highest BCUT2D eigenvalue weighted by atomic mass is 32.2. The van der Waals surface area contributed by atoms with Crippen LogP contribution in [-0.2, 0) is 16.6 Å². The molecule has 36 heavy (non-hydrogen) atoms. The summed E-state index contributed by atoms with van der Waals surface area (Å²) in [6, 6.07) is 13.0. The van der Waals surface area contributed by atoms with Crippen molar-refractivity contribution >= 4 is 38.6 Å². The first-order valence-corrected chi connectivity index (χ1v) is 14.2. The number of hydrogen-bond acceptors (Lipinski definition) is 4. The average molecular weight is 508 g/mol. The number of nitrogens with zero attached hydrogens (tertiary/aromatic N) is 2. The first-order valence-electron chi connectivity index (χ1n) is 12.7. The van der Waals surface area contributed by atoms with E-state index in [2.05, 4.69) is 9.29 Å². The molecule has 8 nitrogen and oxygen atoms in total. The van der Waals surface area contributed by atoms with Crippen LogP contribution in [0.2, 0.25) is 0 Å². The second-order valence-corrected chi connectivity index (χ2v) is 12.1. The Morgan fingerprint density at radius 2 is 1.69 bits per heavy atom. The number of carbonyl (C=O) groups is 2. The topological polar surface area (TPSA) is 109 Å². The number of amides is 2. The molecule has 1 aromatic heterocycles. The van der Waals surface area contributed by atoms with Gasteiger partial charge in [0.15, 0.2) is 0 Å². The summed E-state index contributed by atoms with van der Waals surface area (Å²) < 4.78 is 29.1. The Balaban J connectivity index is 1.54. The third-order valence-electron chi connectivity index (χ3n) is 7.81. The predicted molar refractivity (Wildman–Crippen MR) is 138 cm³/mol. The van der Waals surface area contributed by atoms with Crippen LogP contribution in [0.15, 0.2) is 42.5 Å². The van der Waals surface area contributed by atoms with Gasteiger partial charge >= 0.3 is 6.09 Å². The van der Waals surface area contributed by atoms with Crippen LogP contribution in [0.5, 0.6) is 0 Å². The van der Waals surface area contributed by atoms with Gasteiger partial charge in [0.05, 0.1) is 16.6 Å². The van der Waals surface area contributed by atoms with E-state index in [1.807, 2.05) is 30.3 Å². The van der Waals surface area contributed by atoms with E-state index >= 15 is 0 Å². The summed E-state index contributed by atoms with van der Waals surface area (Å²) in [6.45, 7) is 0.713. The molecular weight excluding hydrogens is 478 g/mol. The Bertz CT molecular complexity index is 1480. The molecule has 3 aromatic rings. The van der Waals surface area contributed by atoms with E-state index < -0.39 is 27.3 Å². The highest BCUT2D eigenvalue weighted by molar-refractivity contribution is 7.91. The smallest absolute Gasteiger partial charge is 0.411 e. The molecule has 2 saturated carbocycles. The maximum Gasteiger partial charge on any atom is 0.411 e. The molecule has 0 saturated heterocycles. The molecule has 0 atom stereocenters. The lowest BCUT2D eigenvalue weighted by atomic mass is 9.81. The van der Waals surface area contributed by atoms with Gasteiger partial charge < -0.3 is 9.67 Å². The Morgan fingerprint density at radius 3 is 2.42 bits per heavy atom. The molecular formula is C27H29N3O5S. The Hall–Kier alpha value is -3.33. The van der Waals surface area contributed by atoms with Crippen molar-refractivity contribution in [1.29, 1.82) is 0 Å². The van der Waals surface area contributed by atoms with E-state index in [1.54, 1.807) is 12.1 Å². The van der Waals surface area contributed by atoms with Gasteiger partial charge in [-0.3, -0.25) is 9.69 Å². The van der Waals surface area contributed by atoms with Gasteiger partial charge in [-0.05, 0) is 55.4 Å². The zero-order valence-corrected chi connectivity index (χ0v) is 20.8. The molecule has 2 fully saturated rings. The first kappa shape index (κ1) is 23.1. The van der Waals surface area contributed by atoms with Crippen LogP contribution in [0.25, 0.3) is 22.2 Å². The molecule has 0 spiro atoms. The van der Waals surface area contributed by atoms with Crippen LogP contribution >= 0.6 is 0 Å². The fourth-order valence-electron chi connectivity index (χ4n) is 5.92. The summed E-state index contributed by atoms with van der Waals surface area (Å²) in [6.07, 6.45) is 5.82. The van der Waals surface area contributed by atoms with Crippen LogP contribution in [0.3, 0.4) is 0 Å². The Kier molecular flexibility index (Phi) is 5.55. The van der Waals surface area contributed by atoms with Crippen molar-refractivity contribution in [3.63, 3.8) is 0 Å². The van der Waals surface area contributed by atoms with Crippen LogP contribution in [-0.4, -0.2) is 41.9 Å². The number of anilines is 1.